The zero-order chi connectivity index (χ0) is 46.9. The van der Waals surface area contributed by atoms with Crippen LogP contribution < -0.4 is 43.4 Å². The predicted molar refractivity (Wildman–Crippen MR) is 224 cm³/mol. The number of amides is 8. The van der Waals surface area contributed by atoms with E-state index in [1.54, 1.807) is 20.8 Å². The summed E-state index contributed by atoms with van der Waals surface area (Å²) >= 11 is 0. The second-order valence-electron chi connectivity index (χ2n) is 16.0. The first-order chi connectivity index (χ1) is 29.7. The average molecular weight is 907 g/mol. The molecule has 1 saturated heterocycles. The summed E-state index contributed by atoms with van der Waals surface area (Å²) in [5.74, 6) is -9.70. The van der Waals surface area contributed by atoms with E-state index in [1.165, 1.54) is 25.1 Å². The number of carbonyl (C=O) groups is 8. The molecular weight excluding hydrogens is 849 g/mol. The highest BCUT2D eigenvalue weighted by Gasteiger charge is 2.44. The van der Waals surface area contributed by atoms with Crippen molar-refractivity contribution in [3.05, 3.63) is 23.8 Å². The van der Waals surface area contributed by atoms with E-state index in [0.717, 1.165) is 4.90 Å². The number of nitrogens with zero attached hydrogens (tertiary/aromatic N) is 1. The van der Waals surface area contributed by atoms with Gasteiger partial charge in [0.25, 0.3) is 0 Å². The molecule has 1 aromatic carbocycles. The number of aromatic nitrogens is 1. The van der Waals surface area contributed by atoms with Gasteiger partial charge in [-0.15, -0.1) is 0 Å². The van der Waals surface area contributed by atoms with E-state index in [2.05, 4.69) is 36.9 Å². The summed E-state index contributed by atoms with van der Waals surface area (Å²) in [4.78, 5) is 111. The van der Waals surface area contributed by atoms with E-state index in [-0.39, 0.29) is 29.5 Å². The Morgan fingerprint density at radius 1 is 1.03 bits per heavy atom. The highest BCUT2D eigenvalue weighted by atomic mass is 32.2. The van der Waals surface area contributed by atoms with E-state index in [4.69, 9.17) is 11.5 Å². The molecule has 0 radical (unpaired) electrons. The first-order valence-corrected chi connectivity index (χ1v) is 21.8. The SMILES string of the molecule is CC[C@H](C)C(NC(=O)CN)C(=O)NCC(=O)N[C@H]1CS(=O)c2[nH]c3cc(O)ccc3c2C[C@@H](C)NC(=O)C([C@@H](C)[C@@H](O)CO)NC(=O)C2C[C@@H](O)CN2C(=O)C(CC(N)=O)NC1=O. The molecule has 23 nitrogen and oxygen atoms in total. The third-order valence-corrected chi connectivity index (χ3v) is 12.6. The number of nitrogens with one attached hydrogen (secondary N) is 7. The van der Waals surface area contributed by atoms with Gasteiger partial charge in [0.15, 0.2) is 0 Å². The van der Waals surface area contributed by atoms with Gasteiger partial charge in [-0.3, -0.25) is 42.6 Å². The quantitative estimate of drug-likeness (QED) is 0.0895. The molecule has 348 valence electrons. The Balaban J connectivity index is 1.79. The molecule has 2 aromatic rings. The maximum atomic E-state index is 14.5. The number of hydrogen-bond donors (Lipinski definition) is 13. The Bertz CT molecular complexity index is 2080. The number of aliphatic hydroxyl groups is 3. The molecule has 15 N–H and O–H groups in total. The summed E-state index contributed by atoms with van der Waals surface area (Å²) in [6, 6.07) is -4.18. The highest BCUT2D eigenvalue weighted by Crippen LogP contribution is 2.30. The topological polar surface area (TPSA) is 378 Å². The molecule has 1 aromatic heterocycles. The van der Waals surface area contributed by atoms with Crippen molar-refractivity contribution in [1.82, 2.24) is 41.8 Å². The molecule has 63 heavy (non-hydrogen) atoms. The highest BCUT2D eigenvalue weighted by molar-refractivity contribution is 7.85. The van der Waals surface area contributed by atoms with Gasteiger partial charge in [0, 0.05) is 36.4 Å². The van der Waals surface area contributed by atoms with Crippen LogP contribution in [0.3, 0.4) is 0 Å². The van der Waals surface area contributed by atoms with Gasteiger partial charge in [0.2, 0.25) is 47.3 Å². The lowest BCUT2D eigenvalue weighted by atomic mass is 9.94. The molecule has 0 spiro atoms. The first-order valence-electron chi connectivity index (χ1n) is 20.4. The Morgan fingerprint density at radius 2 is 1.73 bits per heavy atom. The van der Waals surface area contributed by atoms with Gasteiger partial charge in [-0.05, 0) is 37.0 Å². The van der Waals surface area contributed by atoms with E-state index in [9.17, 15) is 63.0 Å². The van der Waals surface area contributed by atoms with Crippen LogP contribution in [0, 0.1) is 11.8 Å². The van der Waals surface area contributed by atoms with Crippen LogP contribution in [0.4, 0.5) is 0 Å². The standard InChI is InChI=1S/C39H58N10O13S/c1-5-17(2)32(47-30(55)12-40)36(59)42-13-31(56)44-26-16-63(62)38-23(22-7-6-20(51)9-24(22)46-38)8-18(3)43-37(60)33(19(4)28(53)15-50)48-35(58)27-10-21(52)14-49(27)39(61)25(11-29(41)54)45-34(26)57/h6-7,9,17-19,21,25-28,32-33,46,50-53H,5,8,10-16,40H2,1-4H3,(H2,41,54)(H,42,59)(H,43,60)(H,44,56)(H,45,57)(H,47,55)(H,48,58)/t17-,18+,19-,21+,25?,26-,27?,28-,32?,33?,63?/m0/s1. The minimum absolute atomic E-state index is 0.0118. The number of benzene rings is 1. The fourth-order valence-electron chi connectivity index (χ4n) is 7.43. The van der Waals surface area contributed by atoms with Crippen LogP contribution in [0.2, 0.25) is 0 Å². The smallest absolute Gasteiger partial charge is 0.246 e. The number of primary amides is 1. The van der Waals surface area contributed by atoms with Crippen molar-refractivity contribution in [3.8, 4) is 5.75 Å². The monoisotopic (exact) mass is 906 g/mol. The van der Waals surface area contributed by atoms with E-state index in [1.807, 2.05) is 0 Å². The lowest BCUT2D eigenvalue weighted by Crippen LogP contribution is -2.61. The van der Waals surface area contributed by atoms with Gasteiger partial charge < -0.3 is 73.7 Å². The Hall–Kier alpha value is -5.69. The van der Waals surface area contributed by atoms with Crippen LogP contribution in [0.1, 0.15) is 52.5 Å². The molecule has 0 saturated carbocycles. The Labute approximate surface area is 364 Å². The predicted octanol–water partition coefficient (Wildman–Crippen LogP) is -5.07. The summed E-state index contributed by atoms with van der Waals surface area (Å²) in [5.41, 5.74) is 11.6. The molecular formula is C39H58N10O13S. The number of carbonyl (C=O) groups excluding carboxylic acids is 8. The lowest BCUT2D eigenvalue weighted by Gasteiger charge is -2.32. The van der Waals surface area contributed by atoms with E-state index in [0.29, 0.717) is 22.9 Å². The summed E-state index contributed by atoms with van der Waals surface area (Å²) < 4.78 is 14.5. The molecule has 1 fully saturated rings. The number of aromatic amines is 1. The van der Waals surface area contributed by atoms with Crippen molar-refractivity contribution in [1.29, 1.82) is 0 Å². The molecule has 0 aliphatic carbocycles. The van der Waals surface area contributed by atoms with Crippen molar-refractivity contribution >= 4 is 69.0 Å². The molecule has 5 unspecified atom stereocenters. The summed E-state index contributed by atoms with van der Waals surface area (Å²) in [6.45, 7) is 4.09. The number of H-pyrrole nitrogens is 1. The number of aliphatic hydroxyl groups excluding tert-OH is 3. The summed E-state index contributed by atoms with van der Waals surface area (Å²) in [5, 5.41) is 56.7. The van der Waals surface area contributed by atoms with Crippen LogP contribution in [0.15, 0.2) is 23.2 Å². The number of hydrogen-bond acceptors (Lipinski definition) is 14. The Kier molecular flexibility index (Phi) is 17.5. The summed E-state index contributed by atoms with van der Waals surface area (Å²) in [7, 11) is -2.24. The van der Waals surface area contributed by atoms with Crippen LogP contribution in [0.25, 0.3) is 10.9 Å². The fourth-order valence-corrected chi connectivity index (χ4v) is 8.83. The Morgan fingerprint density at radius 3 is 2.37 bits per heavy atom. The third kappa shape index (κ3) is 12.7. The minimum Gasteiger partial charge on any atom is -0.508 e. The second kappa shape index (κ2) is 22.1. The number of nitrogens with two attached hydrogens (primary N) is 2. The van der Waals surface area contributed by atoms with Gasteiger partial charge in [0.1, 0.15) is 41.0 Å². The number of fused-ring (bicyclic) bond motifs is 4. The minimum atomic E-state index is -2.24. The van der Waals surface area contributed by atoms with Crippen molar-refractivity contribution in [3.63, 3.8) is 0 Å². The van der Waals surface area contributed by atoms with Crippen LogP contribution in [-0.4, -0.2) is 162 Å². The number of rotatable bonds is 13. The van der Waals surface area contributed by atoms with Crippen LogP contribution in [-0.2, 0) is 55.6 Å². The largest absolute Gasteiger partial charge is 0.508 e. The maximum absolute atomic E-state index is 14.5. The molecule has 11 atom stereocenters. The van der Waals surface area contributed by atoms with E-state index >= 15 is 0 Å². The summed E-state index contributed by atoms with van der Waals surface area (Å²) in [6.07, 6.45) is -3.54. The molecule has 24 heteroatoms. The molecule has 8 amide bonds. The number of phenols is 1. The molecule has 2 aliphatic rings. The van der Waals surface area contributed by atoms with Crippen molar-refractivity contribution in [2.24, 2.45) is 23.3 Å². The normalized spacial score (nSPS) is 25.7. The van der Waals surface area contributed by atoms with Gasteiger partial charge in [-0.2, -0.15) is 0 Å². The van der Waals surface area contributed by atoms with Crippen molar-refractivity contribution in [2.75, 3.05) is 32.0 Å². The first kappa shape index (κ1) is 50.0. The molecule has 4 rings (SSSR count). The van der Waals surface area contributed by atoms with Gasteiger partial charge in [0.05, 0.1) is 60.4 Å². The number of aromatic hydroxyl groups is 1. The number of phenolic OH excluding ortho intramolecular Hbond substituents is 1. The zero-order valence-corrected chi connectivity index (χ0v) is 36.2. The molecule has 2 aliphatic heterocycles. The van der Waals surface area contributed by atoms with Gasteiger partial charge >= 0.3 is 0 Å². The van der Waals surface area contributed by atoms with Gasteiger partial charge in [-0.1, -0.05) is 27.2 Å². The lowest BCUT2D eigenvalue weighted by molar-refractivity contribution is -0.144. The van der Waals surface area contributed by atoms with Crippen molar-refractivity contribution in [2.45, 2.75) is 107 Å². The van der Waals surface area contributed by atoms with Crippen LogP contribution in [0.5, 0.6) is 5.75 Å². The molecule has 3 heterocycles. The fraction of sp³-hybridized carbons (Fsp3) is 0.590. The van der Waals surface area contributed by atoms with E-state index < -0.39 is 151 Å². The van der Waals surface area contributed by atoms with Crippen LogP contribution >= 0.6 is 0 Å². The zero-order valence-electron chi connectivity index (χ0n) is 35.3. The molecule has 0 bridgehead atoms. The maximum Gasteiger partial charge on any atom is 0.246 e. The van der Waals surface area contributed by atoms with Gasteiger partial charge in [-0.25, -0.2) is 0 Å². The second-order valence-corrected chi connectivity index (χ2v) is 17.4. The third-order valence-electron chi connectivity index (χ3n) is 11.2. The average Bonchev–Trinajstić information content (AvgIpc) is 3.80. The van der Waals surface area contributed by atoms with Crippen molar-refractivity contribution < 1.29 is 63.0 Å².